The minimum Gasteiger partial charge on any atom is -0.399 e. The van der Waals surface area contributed by atoms with E-state index in [-0.39, 0.29) is 14.8 Å². The minimum absolute atomic E-state index is 0.0187. The van der Waals surface area contributed by atoms with Crippen molar-refractivity contribution in [3.8, 4) is 0 Å². The van der Waals surface area contributed by atoms with Crippen molar-refractivity contribution >= 4 is 32.8 Å². The number of anilines is 2. The van der Waals surface area contributed by atoms with E-state index in [0.717, 1.165) is 0 Å². The Kier molecular flexibility index (Phi) is 3.19. The predicted octanol–water partition coefficient (Wildman–Crippen LogP) is 2.34. The monoisotopic (exact) mass is 282 g/mol. The molecular formula is C12H11ClN2O2S. The van der Waals surface area contributed by atoms with Gasteiger partial charge in [-0.3, -0.25) is 0 Å². The number of rotatable bonds is 2. The van der Waals surface area contributed by atoms with Gasteiger partial charge in [-0.1, -0.05) is 17.7 Å². The van der Waals surface area contributed by atoms with Gasteiger partial charge in [-0.05, 0) is 36.4 Å². The van der Waals surface area contributed by atoms with Crippen molar-refractivity contribution in [3.05, 3.63) is 47.5 Å². The molecule has 0 saturated heterocycles. The Labute approximate surface area is 110 Å². The summed E-state index contributed by atoms with van der Waals surface area (Å²) in [6.07, 6.45) is 0. The molecule has 2 aromatic carbocycles. The average molecular weight is 283 g/mol. The zero-order chi connectivity index (χ0) is 13.3. The van der Waals surface area contributed by atoms with Gasteiger partial charge in [0.15, 0.2) is 0 Å². The molecule has 94 valence electrons. The third-order valence-electron chi connectivity index (χ3n) is 2.41. The molecule has 0 bridgehead atoms. The lowest BCUT2D eigenvalue weighted by atomic mass is 10.3. The van der Waals surface area contributed by atoms with Gasteiger partial charge < -0.3 is 11.5 Å². The van der Waals surface area contributed by atoms with Crippen LogP contribution < -0.4 is 11.5 Å². The third-order valence-corrected chi connectivity index (χ3v) is 4.65. The topological polar surface area (TPSA) is 86.2 Å². The minimum atomic E-state index is -3.71. The van der Waals surface area contributed by atoms with Crippen LogP contribution in [0, 0.1) is 0 Å². The second kappa shape index (κ2) is 4.51. The summed E-state index contributed by atoms with van der Waals surface area (Å²) in [6, 6.07) is 10.4. The number of benzene rings is 2. The summed E-state index contributed by atoms with van der Waals surface area (Å²) < 4.78 is 24.7. The van der Waals surface area contributed by atoms with E-state index in [9.17, 15) is 8.42 Å². The molecule has 0 fully saturated rings. The standard InChI is InChI=1S/C12H11ClN2O2S/c13-11-5-4-9(15)7-12(11)18(16,17)10-3-1-2-8(14)6-10/h1-7H,14-15H2. The first-order valence-electron chi connectivity index (χ1n) is 5.07. The molecule has 0 aliphatic carbocycles. The Morgan fingerprint density at radius 1 is 0.944 bits per heavy atom. The quantitative estimate of drug-likeness (QED) is 0.828. The molecule has 18 heavy (non-hydrogen) atoms. The maximum Gasteiger partial charge on any atom is 0.208 e. The molecule has 0 aliphatic heterocycles. The number of hydrogen-bond donors (Lipinski definition) is 2. The summed E-state index contributed by atoms with van der Waals surface area (Å²) in [5.74, 6) is 0. The fourth-order valence-corrected chi connectivity index (χ4v) is 3.38. The third kappa shape index (κ3) is 2.27. The van der Waals surface area contributed by atoms with Gasteiger partial charge in [-0.2, -0.15) is 0 Å². The van der Waals surface area contributed by atoms with Crippen LogP contribution in [0.2, 0.25) is 5.02 Å². The molecule has 0 amide bonds. The Bertz CT molecular complexity index is 699. The first kappa shape index (κ1) is 12.7. The van der Waals surface area contributed by atoms with E-state index in [1.54, 1.807) is 18.2 Å². The van der Waals surface area contributed by atoms with Crippen LogP contribution in [0.4, 0.5) is 11.4 Å². The molecule has 0 heterocycles. The van der Waals surface area contributed by atoms with Crippen molar-refractivity contribution in [1.82, 2.24) is 0 Å². The first-order valence-corrected chi connectivity index (χ1v) is 6.93. The zero-order valence-electron chi connectivity index (χ0n) is 9.30. The second-order valence-corrected chi connectivity index (χ2v) is 6.09. The molecule has 6 heteroatoms. The van der Waals surface area contributed by atoms with Crippen molar-refractivity contribution in [2.75, 3.05) is 11.5 Å². The first-order chi connectivity index (χ1) is 8.41. The van der Waals surface area contributed by atoms with Gasteiger partial charge in [-0.25, -0.2) is 8.42 Å². The Hall–Kier alpha value is -1.72. The van der Waals surface area contributed by atoms with E-state index < -0.39 is 9.84 Å². The van der Waals surface area contributed by atoms with Gasteiger partial charge in [0, 0.05) is 11.4 Å². The summed E-state index contributed by atoms with van der Waals surface area (Å²) in [5.41, 5.74) is 11.9. The van der Waals surface area contributed by atoms with E-state index >= 15 is 0 Å². The van der Waals surface area contributed by atoms with Gasteiger partial charge in [0.2, 0.25) is 9.84 Å². The molecule has 2 rings (SSSR count). The van der Waals surface area contributed by atoms with Gasteiger partial charge in [0.05, 0.1) is 14.8 Å². The van der Waals surface area contributed by atoms with E-state index in [1.165, 1.54) is 24.3 Å². The van der Waals surface area contributed by atoms with Crippen molar-refractivity contribution < 1.29 is 8.42 Å². The maximum atomic E-state index is 12.4. The van der Waals surface area contributed by atoms with Crippen LogP contribution in [-0.4, -0.2) is 8.42 Å². The smallest absolute Gasteiger partial charge is 0.208 e. The van der Waals surface area contributed by atoms with Crippen LogP contribution >= 0.6 is 11.6 Å². The van der Waals surface area contributed by atoms with Crippen molar-refractivity contribution in [2.24, 2.45) is 0 Å². The highest BCUT2D eigenvalue weighted by Crippen LogP contribution is 2.29. The molecule has 4 nitrogen and oxygen atoms in total. The molecule has 2 aromatic rings. The van der Waals surface area contributed by atoms with Crippen LogP contribution in [0.25, 0.3) is 0 Å². The summed E-state index contributed by atoms with van der Waals surface area (Å²) in [6.45, 7) is 0. The molecule has 0 radical (unpaired) electrons. The number of nitrogens with two attached hydrogens (primary N) is 2. The van der Waals surface area contributed by atoms with Crippen LogP contribution in [0.5, 0.6) is 0 Å². The summed E-state index contributed by atoms with van der Waals surface area (Å²) >= 11 is 5.90. The summed E-state index contributed by atoms with van der Waals surface area (Å²) in [5, 5.41) is 0.131. The SMILES string of the molecule is Nc1cccc(S(=O)(=O)c2cc(N)ccc2Cl)c1. The molecule has 0 atom stereocenters. The van der Waals surface area contributed by atoms with E-state index in [4.69, 9.17) is 23.1 Å². The highest BCUT2D eigenvalue weighted by molar-refractivity contribution is 7.91. The maximum absolute atomic E-state index is 12.4. The fraction of sp³-hybridized carbons (Fsp3) is 0. The van der Waals surface area contributed by atoms with Crippen LogP contribution in [0.15, 0.2) is 52.3 Å². The summed E-state index contributed by atoms with van der Waals surface area (Å²) in [7, 11) is -3.71. The number of hydrogen-bond acceptors (Lipinski definition) is 4. The highest BCUT2D eigenvalue weighted by Gasteiger charge is 2.21. The fourth-order valence-electron chi connectivity index (χ4n) is 1.53. The van der Waals surface area contributed by atoms with E-state index in [0.29, 0.717) is 11.4 Å². The Morgan fingerprint density at radius 3 is 2.28 bits per heavy atom. The normalized spacial score (nSPS) is 11.4. The van der Waals surface area contributed by atoms with Crippen molar-refractivity contribution in [1.29, 1.82) is 0 Å². The predicted molar refractivity (Wildman–Crippen MR) is 72.2 cm³/mol. The number of halogens is 1. The summed E-state index contributed by atoms with van der Waals surface area (Å²) in [4.78, 5) is 0.0739. The molecule has 0 spiro atoms. The zero-order valence-corrected chi connectivity index (χ0v) is 10.9. The number of nitrogen functional groups attached to an aromatic ring is 2. The van der Waals surface area contributed by atoms with Gasteiger partial charge in [0.25, 0.3) is 0 Å². The molecule has 0 saturated carbocycles. The number of sulfone groups is 1. The van der Waals surface area contributed by atoms with Gasteiger partial charge in [0.1, 0.15) is 0 Å². The molecular weight excluding hydrogens is 272 g/mol. The Morgan fingerprint density at radius 2 is 1.61 bits per heavy atom. The Balaban J connectivity index is 2.65. The molecule has 0 unspecified atom stereocenters. The van der Waals surface area contributed by atoms with Crippen molar-refractivity contribution in [2.45, 2.75) is 9.79 Å². The lowest BCUT2D eigenvalue weighted by Crippen LogP contribution is -2.04. The van der Waals surface area contributed by atoms with E-state index in [1.807, 2.05) is 0 Å². The largest absolute Gasteiger partial charge is 0.399 e. The molecule has 0 aliphatic rings. The lowest BCUT2D eigenvalue weighted by Gasteiger charge is -2.08. The lowest BCUT2D eigenvalue weighted by molar-refractivity contribution is 0.596. The molecule has 4 N–H and O–H groups in total. The van der Waals surface area contributed by atoms with Crippen molar-refractivity contribution in [3.63, 3.8) is 0 Å². The van der Waals surface area contributed by atoms with E-state index in [2.05, 4.69) is 0 Å². The highest BCUT2D eigenvalue weighted by atomic mass is 35.5. The second-order valence-electron chi connectivity index (χ2n) is 3.77. The van der Waals surface area contributed by atoms with Crippen LogP contribution in [-0.2, 0) is 9.84 Å². The van der Waals surface area contributed by atoms with Crippen LogP contribution in [0.1, 0.15) is 0 Å². The average Bonchev–Trinajstić information content (AvgIpc) is 2.32. The van der Waals surface area contributed by atoms with Gasteiger partial charge >= 0.3 is 0 Å². The van der Waals surface area contributed by atoms with Crippen LogP contribution in [0.3, 0.4) is 0 Å². The van der Waals surface area contributed by atoms with Gasteiger partial charge in [-0.15, -0.1) is 0 Å². The molecule has 0 aromatic heterocycles.